The number of piperidine rings is 1. The van der Waals surface area contributed by atoms with Crippen molar-refractivity contribution in [2.45, 2.75) is 104 Å². The summed E-state index contributed by atoms with van der Waals surface area (Å²) in [7, 11) is 0. The molecule has 3 atom stereocenters. The Bertz CT molecular complexity index is 1380. The van der Waals surface area contributed by atoms with Crippen molar-refractivity contribution in [2.75, 3.05) is 6.54 Å². The zero-order valence-electron chi connectivity index (χ0n) is 25.5. The van der Waals surface area contributed by atoms with Crippen LogP contribution in [0.5, 0.6) is 0 Å². The quantitative estimate of drug-likeness (QED) is 0.354. The first-order chi connectivity index (χ1) is 19.7. The monoisotopic (exact) mass is 557 g/mol. The fraction of sp³-hybridized carbons (Fsp3) is 0.588. The molecule has 2 amide bonds. The van der Waals surface area contributed by atoms with Crippen molar-refractivity contribution in [2.24, 2.45) is 17.3 Å². The number of amides is 2. The van der Waals surface area contributed by atoms with Crippen LogP contribution in [0.15, 0.2) is 36.5 Å². The number of aromatic nitrogens is 3. The van der Waals surface area contributed by atoms with Crippen LogP contribution in [-0.4, -0.2) is 39.2 Å². The van der Waals surface area contributed by atoms with Gasteiger partial charge in [-0.1, -0.05) is 75.6 Å². The average molecular weight is 558 g/mol. The minimum Gasteiger partial charge on any atom is -0.353 e. The van der Waals surface area contributed by atoms with Gasteiger partial charge in [-0.05, 0) is 64.0 Å². The summed E-state index contributed by atoms with van der Waals surface area (Å²) in [6, 6.07) is 10.3. The van der Waals surface area contributed by atoms with E-state index in [1.807, 2.05) is 22.9 Å². The van der Waals surface area contributed by atoms with Crippen LogP contribution in [0, 0.1) is 24.2 Å². The van der Waals surface area contributed by atoms with E-state index in [4.69, 9.17) is 4.98 Å². The molecule has 7 heteroatoms. The molecule has 2 aliphatic rings. The molecule has 3 heterocycles. The van der Waals surface area contributed by atoms with Crippen LogP contribution < -0.4 is 10.6 Å². The highest BCUT2D eigenvalue weighted by atomic mass is 16.2. The molecular formula is C34H47N5O2. The molecule has 0 bridgehead atoms. The highest BCUT2D eigenvalue weighted by molar-refractivity contribution is 6.06. The number of hydrogen-bond acceptors (Lipinski definition) is 4. The molecule has 220 valence electrons. The normalized spacial score (nSPS) is 23.5. The van der Waals surface area contributed by atoms with Gasteiger partial charge >= 0.3 is 0 Å². The Kier molecular flexibility index (Phi) is 8.81. The smallest absolute Gasteiger partial charge is 0.252 e. The number of nitrogens with zero attached hydrogens (tertiary/aromatic N) is 3. The first-order valence-corrected chi connectivity index (χ1v) is 15.7. The van der Waals surface area contributed by atoms with E-state index in [2.05, 4.69) is 62.5 Å². The number of pyridine rings is 1. The molecule has 0 radical (unpaired) electrons. The van der Waals surface area contributed by atoms with Gasteiger partial charge in [0, 0.05) is 24.2 Å². The van der Waals surface area contributed by atoms with Crippen molar-refractivity contribution in [3.05, 3.63) is 47.7 Å². The SMILES string of the molecule is Cc1cccc(-c2cc(C(=O)NCC3C(=O)NC(C)C4(CCCCCCCCC4)C3C)c3cnn(C(C)C)c3n2)c1. The number of aryl methyl sites for hydroxylation is 1. The largest absolute Gasteiger partial charge is 0.353 e. The molecule has 1 saturated heterocycles. The van der Waals surface area contributed by atoms with Gasteiger partial charge in [0.1, 0.15) is 0 Å². The van der Waals surface area contributed by atoms with Gasteiger partial charge in [0.25, 0.3) is 5.91 Å². The molecule has 2 fully saturated rings. The Hall–Kier alpha value is -3.22. The Balaban J connectivity index is 1.42. The van der Waals surface area contributed by atoms with E-state index in [0.29, 0.717) is 17.8 Å². The summed E-state index contributed by atoms with van der Waals surface area (Å²) in [6.07, 6.45) is 12.9. The van der Waals surface area contributed by atoms with E-state index >= 15 is 0 Å². The van der Waals surface area contributed by atoms with Crippen molar-refractivity contribution in [1.29, 1.82) is 0 Å². The van der Waals surface area contributed by atoms with E-state index < -0.39 is 0 Å². The van der Waals surface area contributed by atoms with Gasteiger partial charge in [0.2, 0.25) is 5.91 Å². The Morgan fingerprint density at radius 2 is 1.76 bits per heavy atom. The summed E-state index contributed by atoms with van der Waals surface area (Å²) in [5, 5.41) is 11.8. The van der Waals surface area contributed by atoms with E-state index in [9.17, 15) is 9.59 Å². The van der Waals surface area contributed by atoms with Crippen LogP contribution in [0.3, 0.4) is 0 Å². The highest BCUT2D eigenvalue weighted by Gasteiger charge is 2.50. The molecule has 1 aliphatic carbocycles. The second-order valence-electron chi connectivity index (χ2n) is 12.9. The number of hydrogen-bond donors (Lipinski definition) is 2. The standard InChI is InChI=1S/C34H47N5O2/c1-22(2)39-31-29(21-36-39)27(19-30(38-31)26-15-13-14-23(3)18-26)32(40)35-20-28-24(4)34(25(5)37-33(28)41)16-11-9-7-6-8-10-12-17-34/h13-15,18-19,21-22,24-25,28H,6-12,16-17,20H2,1-5H3,(H,35,40)(H,37,41). The lowest BCUT2D eigenvalue weighted by atomic mass is 9.58. The summed E-state index contributed by atoms with van der Waals surface area (Å²) in [4.78, 5) is 32.1. The van der Waals surface area contributed by atoms with E-state index in [-0.39, 0.29) is 41.1 Å². The van der Waals surface area contributed by atoms with E-state index in [1.54, 1.807) is 6.20 Å². The maximum atomic E-state index is 13.9. The van der Waals surface area contributed by atoms with Crippen LogP contribution in [0.1, 0.15) is 107 Å². The summed E-state index contributed by atoms with van der Waals surface area (Å²) >= 11 is 0. The third-order valence-electron chi connectivity index (χ3n) is 9.95. The molecule has 2 aromatic heterocycles. The fourth-order valence-electron chi connectivity index (χ4n) is 7.40. The summed E-state index contributed by atoms with van der Waals surface area (Å²) in [5.41, 5.74) is 4.15. The Labute approximate surface area is 244 Å². The molecule has 41 heavy (non-hydrogen) atoms. The van der Waals surface area contributed by atoms with Gasteiger partial charge in [-0.2, -0.15) is 5.10 Å². The van der Waals surface area contributed by atoms with Gasteiger partial charge in [0.05, 0.1) is 28.8 Å². The minimum atomic E-state index is -0.259. The van der Waals surface area contributed by atoms with Gasteiger partial charge in [-0.15, -0.1) is 0 Å². The fourth-order valence-corrected chi connectivity index (χ4v) is 7.40. The van der Waals surface area contributed by atoms with E-state index in [1.165, 1.54) is 44.9 Å². The van der Waals surface area contributed by atoms with Gasteiger partial charge < -0.3 is 10.6 Å². The molecular weight excluding hydrogens is 510 g/mol. The molecule has 7 nitrogen and oxygen atoms in total. The Morgan fingerprint density at radius 3 is 2.41 bits per heavy atom. The highest BCUT2D eigenvalue weighted by Crippen LogP contribution is 2.48. The first kappa shape index (κ1) is 29.3. The topological polar surface area (TPSA) is 88.9 Å². The number of benzene rings is 1. The minimum absolute atomic E-state index is 0.0565. The van der Waals surface area contributed by atoms with Crippen LogP contribution in [0.2, 0.25) is 0 Å². The zero-order chi connectivity index (χ0) is 29.1. The lowest BCUT2D eigenvalue weighted by Gasteiger charge is -2.51. The average Bonchev–Trinajstić information content (AvgIpc) is 3.39. The number of nitrogens with one attached hydrogen (secondary N) is 2. The van der Waals surface area contributed by atoms with Crippen molar-refractivity contribution in [3.63, 3.8) is 0 Å². The second kappa shape index (κ2) is 12.3. The number of fused-ring (bicyclic) bond motifs is 1. The molecule has 3 aromatic rings. The molecule has 1 saturated carbocycles. The van der Waals surface area contributed by atoms with Crippen molar-refractivity contribution in [1.82, 2.24) is 25.4 Å². The van der Waals surface area contributed by atoms with Crippen LogP contribution in [0.4, 0.5) is 0 Å². The van der Waals surface area contributed by atoms with Gasteiger partial charge in [-0.25, -0.2) is 9.67 Å². The van der Waals surface area contributed by atoms with Gasteiger partial charge in [-0.3, -0.25) is 9.59 Å². The number of rotatable bonds is 5. The summed E-state index contributed by atoms with van der Waals surface area (Å²) in [5.74, 6) is -0.200. The van der Waals surface area contributed by atoms with Crippen LogP contribution in [-0.2, 0) is 4.79 Å². The second-order valence-corrected chi connectivity index (χ2v) is 12.9. The van der Waals surface area contributed by atoms with Crippen LogP contribution >= 0.6 is 0 Å². The van der Waals surface area contributed by atoms with Crippen molar-refractivity contribution in [3.8, 4) is 11.3 Å². The molecule has 1 aromatic carbocycles. The maximum absolute atomic E-state index is 13.9. The third kappa shape index (κ3) is 5.91. The van der Waals surface area contributed by atoms with E-state index in [0.717, 1.165) is 35.0 Å². The predicted molar refractivity (Wildman–Crippen MR) is 165 cm³/mol. The molecule has 1 spiro atoms. The molecule has 1 aliphatic heterocycles. The lowest BCUT2D eigenvalue weighted by Crippen LogP contribution is -2.61. The first-order valence-electron chi connectivity index (χ1n) is 15.7. The molecule has 2 N–H and O–H groups in total. The Morgan fingerprint density at radius 1 is 1.07 bits per heavy atom. The third-order valence-corrected chi connectivity index (χ3v) is 9.95. The maximum Gasteiger partial charge on any atom is 0.252 e. The predicted octanol–water partition coefficient (Wildman–Crippen LogP) is 7.00. The lowest BCUT2D eigenvalue weighted by molar-refractivity contribution is -0.137. The van der Waals surface area contributed by atoms with Crippen LogP contribution in [0.25, 0.3) is 22.3 Å². The molecule has 5 rings (SSSR count). The summed E-state index contributed by atoms with van der Waals surface area (Å²) < 4.78 is 1.87. The molecule has 3 unspecified atom stereocenters. The van der Waals surface area contributed by atoms with Crippen molar-refractivity contribution >= 4 is 22.8 Å². The summed E-state index contributed by atoms with van der Waals surface area (Å²) in [6.45, 7) is 10.9. The number of carbonyl (C=O) groups excluding carboxylic acids is 2. The van der Waals surface area contributed by atoms with Gasteiger partial charge in [0.15, 0.2) is 5.65 Å². The zero-order valence-corrected chi connectivity index (χ0v) is 25.5. The number of carbonyl (C=O) groups is 2. The van der Waals surface area contributed by atoms with Crippen molar-refractivity contribution < 1.29 is 9.59 Å².